The van der Waals surface area contributed by atoms with Gasteiger partial charge >= 0.3 is 12.1 Å². The topological polar surface area (TPSA) is 62.2 Å². The van der Waals surface area contributed by atoms with Gasteiger partial charge in [-0.3, -0.25) is 0 Å². The molecule has 0 aromatic carbocycles. The van der Waals surface area contributed by atoms with Crippen LogP contribution in [-0.2, 0) is 6.18 Å². The number of rotatable bonds is 2. The monoisotopic (exact) mass is 262 g/mol. The van der Waals surface area contributed by atoms with Crippen LogP contribution in [0.5, 0.6) is 0 Å². The Morgan fingerprint density at radius 3 is 2.22 bits per heavy atom. The van der Waals surface area contributed by atoms with Gasteiger partial charge in [-0.2, -0.15) is 13.2 Å². The number of alkyl halides is 3. The molecule has 0 atom stereocenters. The van der Waals surface area contributed by atoms with Crippen molar-refractivity contribution in [2.75, 3.05) is 5.32 Å². The molecule has 0 aliphatic heterocycles. The maximum absolute atomic E-state index is 12.6. The first-order valence-electron chi connectivity index (χ1n) is 5.10. The number of nitrogens with one attached hydrogen (secondary N) is 1. The Bertz CT molecular complexity index is 464. The quantitative estimate of drug-likeness (QED) is 0.860. The van der Waals surface area contributed by atoms with Gasteiger partial charge in [-0.05, 0) is 32.9 Å². The summed E-state index contributed by atoms with van der Waals surface area (Å²) in [6.45, 7) is 5.19. The maximum Gasteiger partial charge on any atom is 0.433 e. The largest absolute Gasteiger partial charge is 0.478 e. The van der Waals surface area contributed by atoms with Crippen LogP contribution in [0.4, 0.5) is 19.0 Å². The highest BCUT2D eigenvalue weighted by atomic mass is 19.4. The van der Waals surface area contributed by atoms with Gasteiger partial charge in [-0.1, -0.05) is 0 Å². The molecule has 0 saturated carbocycles. The second kappa shape index (κ2) is 4.47. The predicted molar refractivity (Wildman–Crippen MR) is 59.6 cm³/mol. The zero-order chi connectivity index (χ0) is 14.1. The number of hydrogen-bond donors (Lipinski definition) is 2. The summed E-state index contributed by atoms with van der Waals surface area (Å²) in [6.07, 6.45) is -4.68. The molecule has 0 saturated heterocycles. The molecule has 1 heterocycles. The fourth-order valence-electron chi connectivity index (χ4n) is 1.25. The standard InChI is InChI=1S/C11H13F3N2O2/c1-10(2,3)16-8-5-6(9(17)18)4-7(15-8)11(12,13)14/h4-5H,1-3H3,(H,15,16)(H,17,18). The molecule has 1 aromatic rings. The van der Waals surface area contributed by atoms with Crippen LogP contribution < -0.4 is 5.32 Å². The summed E-state index contributed by atoms with van der Waals surface area (Å²) in [6, 6.07) is 1.58. The average molecular weight is 262 g/mol. The fraction of sp³-hybridized carbons (Fsp3) is 0.455. The van der Waals surface area contributed by atoms with Crippen molar-refractivity contribution < 1.29 is 23.1 Å². The SMILES string of the molecule is CC(C)(C)Nc1cc(C(=O)O)cc(C(F)(F)F)n1. The van der Waals surface area contributed by atoms with Crippen LogP contribution in [-0.4, -0.2) is 21.6 Å². The molecule has 4 nitrogen and oxygen atoms in total. The molecule has 0 aliphatic carbocycles. The van der Waals surface area contributed by atoms with Crippen molar-refractivity contribution in [3.05, 3.63) is 23.4 Å². The zero-order valence-electron chi connectivity index (χ0n) is 10.1. The third-order valence-electron chi connectivity index (χ3n) is 1.87. The van der Waals surface area contributed by atoms with Gasteiger partial charge in [0.2, 0.25) is 0 Å². The third-order valence-corrected chi connectivity index (χ3v) is 1.87. The molecule has 1 rings (SSSR count). The molecule has 0 spiro atoms. The van der Waals surface area contributed by atoms with Gasteiger partial charge < -0.3 is 10.4 Å². The summed E-state index contributed by atoms with van der Waals surface area (Å²) in [4.78, 5) is 14.1. The Morgan fingerprint density at radius 1 is 1.28 bits per heavy atom. The Morgan fingerprint density at radius 2 is 1.83 bits per heavy atom. The van der Waals surface area contributed by atoms with Crippen LogP contribution in [0.2, 0.25) is 0 Å². The number of carboxylic acids is 1. The van der Waals surface area contributed by atoms with Crippen molar-refractivity contribution in [1.29, 1.82) is 0 Å². The number of anilines is 1. The van der Waals surface area contributed by atoms with Gasteiger partial charge in [0.15, 0.2) is 0 Å². The first-order valence-corrected chi connectivity index (χ1v) is 5.10. The molecule has 0 aliphatic rings. The first-order chi connectivity index (χ1) is 7.99. The smallest absolute Gasteiger partial charge is 0.433 e. The highest BCUT2D eigenvalue weighted by molar-refractivity contribution is 5.88. The zero-order valence-corrected chi connectivity index (χ0v) is 10.1. The molecule has 100 valence electrons. The second-order valence-corrected chi connectivity index (χ2v) is 4.80. The highest BCUT2D eigenvalue weighted by Gasteiger charge is 2.34. The average Bonchev–Trinajstić information content (AvgIpc) is 2.12. The molecule has 0 bridgehead atoms. The lowest BCUT2D eigenvalue weighted by Gasteiger charge is -2.22. The maximum atomic E-state index is 12.6. The van der Waals surface area contributed by atoms with Gasteiger partial charge in [0, 0.05) is 5.54 Å². The molecule has 1 aromatic heterocycles. The van der Waals surface area contributed by atoms with Gasteiger partial charge in [0.05, 0.1) is 5.56 Å². The summed E-state index contributed by atoms with van der Waals surface area (Å²) in [7, 11) is 0. The van der Waals surface area contributed by atoms with Crippen LogP contribution in [0.1, 0.15) is 36.8 Å². The van der Waals surface area contributed by atoms with E-state index >= 15 is 0 Å². The van der Waals surface area contributed by atoms with Crippen LogP contribution in [0.3, 0.4) is 0 Å². The lowest BCUT2D eigenvalue weighted by Crippen LogP contribution is -2.27. The molecule has 0 unspecified atom stereocenters. The minimum atomic E-state index is -4.68. The van der Waals surface area contributed by atoms with E-state index in [4.69, 9.17) is 5.11 Å². The van der Waals surface area contributed by atoms with E-state index in [9.17, 15) is 18.0 Å². The molecular formula is C11H13F3N2O2. The summed E-state index contributed by atoms with van der Waals surface area (Å²) in [5.41, 5.74) is -2.20. The highest BCUT2D eigenvalue weighted by Crippen LogP contribution is 2.30. The van der Waals surface area contributed by atoms with Crippen molar-refractivity contribution >= 4 is 11.8 Å². The van der Waals surface area contributed by atoms with E-state index in [1.54, 1.807) is 20.8 Å². The normalized spacial score (nSPS) is 12.3. The minimum Gasteiger partial charge on any atom is -0.478 e. The van der Waals surface area contributed by atoms with Gasteiger partial charge in [-0.15, -0.1) is 0 Å². The fourth-order valence-corrected chi connectivity index (χ4v) is 1.25. The lowest BCUT2D eigenvalue weighted by molar-refractivity contribution is -0.141. The van der Waals surface area contributed by atoms with Gasteiger partial charge in [0.1, 0.15) is 11.5 Å². The number of carboxylic acid groups (broad SMARTS) is 1. The van der Waals surface area contributed by atoms with Crippen molar-refractivity contribution in [3.63, 3.8) is 0 Å². The van der Waals surface area contributed by atoms with E-state index in [1.165, 1.54) is 0 Å². The molecule has 7 heteroatoms. The van der Waals surface area contributed by atoms with E-state index in [1.807, 2.05) is 0 Å². The van der Waals surface area contributed by atoms with E-state index in [2.05, 4.69) is 10.3 Å². The number of halogens is 3. The number of carbonyl (C=O) groups is 1. The van der Waals surface area contributed by atoms with Crippen molar-refractivity contribution in [1.82, 2.24) is 4.98 Å². The van der Waals surface area contributed by atoms with E-state index < -0.39 is 28.9 Å². The van der Waals surface area contributed by atoms with Gasteiger partial charge in [-0.25, -0.2) is 9.78 Å². The number of nitrogens with zero attached hydrogens (tertiary/aromatic N) is 1. The molecule has 2 N–H and O–H groups in total. The Hall–Kier alpha value is -1.79. The van der Waals surface area contributed by atoms with Crippen LogP contribution in [0.15, 0.2) is 12.1 Å². The lowest BCUT2D eigenvalue weighted by atomic mass is 10.1. The van der Waals surface area contributed by atoms with Crippen LogP contribution >= 0.6 is 0 Å². The second-order valence-electron chi connectivity index (χ2n) is 4.80. The van der Waals surface area contributed by atoms with E-state index in [0.29, 0.717) is 6.07 Å². The predicted octanol–water partition coefficient (Wildman–Crippen LogP) is 3.01. The third kappa shape index (κ3) is 3.90. The van der Waals surface area contributed by atoms with Crippen LogP contribution in [0.25, 0.3) is 0 Å². The van der Waals surface area contributed by atoms with Crippen LogP contribution in [0, 0.1) is 0 Å². The summed E-state index contributed by atoms with van der Waals surface area (Å²) in [5, 5.41) is 11.5. The van der Waals surface area contributed by atoms with Crippen molar-refractivity contribution in [2.45, 2.75) is 32.5 Å². The Balaban J connectivity index is 3.27. The molecular weight excluding hydrogens is 249 g/mol. The Labute approximate surface area is 102 Å². The van der Waals surface area contributed by atoms with Gasteiger partial charge in [0.25, 0.3) is 0 Å². The van der Waals surface area contributed by atoms with Crippen molar-refractivity contribution in [2.24, 2.45) is 0 Å². The van der Waals surface area contributed by atoms with Crippen molar-refractivity contribution in [3.8, 4) is 0 Å². The van der Waals surface area contributed by atoms with E-state index in [-0.39, 0.29) is 5.82 Å². The number of pyridine rings is 1. The minimum absolute atomic E-state index is 0.116. The number of aromatic nitrogens is 1. The number of aromatic carboxylic acids is 1. The first kappa shape index (κ1) is 14.3. The molecule has 0 fully saturated rings. The van der Waals surface area contributed by atoms with E-state index in [0.717, 1.165) is 6.07 Å². The molecule has 18 heavy (non-hydrogen) atoms. The summed E-state index contributed by atoms with van der Waals surface area (Å²) >= 11 is 0. The molecule has 0 amide bonds. The summed E-state index contributed by atoms with van der Waals surface area (Å²) < 4.78 is 37.7. The summed E-state index contributed by atoms with van der Waals surface area (Å²) in [5.74, 6) is -1.55. The molecule has 0 radical (unpaired) electrons. The Kier molecular flexibility index (Phi) is 3.54. The number of hydrogen-bond acceptors (Lipinski definition) is 3.